The highest BCUT2D eigenvalue weighted by Gasteiger charge is 2.42. The Balaban J connectivity index is 1.23. The smallest absolute Gasteiger partial charge is 0.267 e. The van der Waals surface area contributed by atoms with Gasteiger partial charge in [-0.1, -0.05) is 35.9 Å². The zero-order valence-electron chi connectivity index (χ0n) is 24.2. The fourth-order valence-corrected chi connectivity index (χ4v) is 5.51. The second-order valence-corrected chi connectivity index (χ2v) is 12.4. The second kappa shape index (κ2) is 13.5. The molecule has 2 saturated heterocycles. The molecule has 0 unspecified atom stereocenters. The van der Waals surface area contributed by atoms with E-state index >= 15 is 0 Å². The molecule has 2 fully saturated rings. The number of alkyl halides is 2. The molecule has 42 heavy (non-hydrogen) atoms. The lowest BCUT2D eigenvalue weighted by molar-refractivity contribution is -0.219. The largest absolute Gasteiger partial charge is 0.494 e. The second-order valence-electron chi connectivity index (χ2n) is 12.0. The van der Waals surface area contributed by atoms with E-state index in [-0.39, 0.29) is 31.0 Å². The van der Waals surface area contributed by atoms with E-state index in [0.29, 0.717) is 23.6 Å². The van der Waals surface area contributed by atoms with Crippen molar-refractivity contribution in [3.05, 3.63) is 64.2 Å². The number of carbonyl (C=O) groups excluding carboxylic acids is 1. The van der Waals surface area contributed by atoms with Crippen LogP contribution in [0.3, 0.4) is 0 Å². The minimum atomic E-state index is -2.79. The van der Waals surface area contributed by atoms with E-state index in [9.17, 15) is 28.9 Å². The molecule has 2 aromatic rings. The van der Waals surface area contributed by atoms with Crippen molar-refractivity contribution in [1.82, 2.24) is 10.2 Å². The topological polar surface area (TPSA) is 111 Å². The van der Waals surface area contributed by atoms with Crippen LogP contribution < -0.4 is 10.1 Å². The van der Waals surface area contributed by atoms with Gasteiger partial charge in [-0.05, 0) is 74.9 Å². The predicted octanol–water partition coefficient (Wildman–Crippen LogP) is 3.87. The molecule has 2 heterocycles. The fourth-order valence-electron chi connectivity index (χ4n) is 5.33. The van der Waals surface area contributed by atoms with E-state index in [2.05, 4.69) is 5.32 Å². The van der Waals surface area contributed by atoms with Crippen molar-refractivity contribution in [3.8, 4) is 5.75 Å². The average molecular weight is 611 g/mol. The van der Waals surface area contributed by atoms with Crippen LogP contribution in [0.25, 0.3) is 0 Å². The first-order valence-electron chi connectivity index (χ1n) is 14.3. The van der Waals surface area contributed by atoms with Gasteiger partial charge in [-0.2, -0.15) is 0 Å². The van der Waals surface area contributed by atoms with Gasteiger partial charge in [0.1, 0.15) is 30.2 Å². The fraction of sp³-hybridized carbons (Fsp3) is 0.581. The molecule has 1 amide bonds. The van der Waals surface area contributed by atoms with Gasteiger partial charge < -0.3 is 35.0 Å². The number of benzene rings is 2. The van der Waals surface area contributed by atoms with Gasteiger partial charge in [-0.25, -0.2) is 8.78 Å². The summed E-state index contributed by atoms with van der Waals surface area (Å²) in [5.41, 5.74) is 2.15. The number of nitrogens with zero attached hydrogens (tertiary/aromatic N) is 1. The lowest BCUT2D eigenvalue weighted by Crippen LogP contribution is -2.53. The van der Waals surface area contributed by atoms with Gasteiger partial charge in [0, 0.05) is 23.5 Å². The number of ether oxygens (including phenoxy) is 2. The van der Waals surface area contributed by atoms with Crippen LogP contribution in [-0.2, 0) is 16.0 Å². The minimum Gasteiger partial charge on any atom is -0.494 e. The van der Waals surface area contributed by atoms with Crippen molar-refractivity contribution in [2.45, 2.75) is 88.4 Å². The quantitative estimate of drug-likeness (QED) is 0.286. The van der Waals surface area contributed by atoms with E-state index in [4.69, 9.17) is 21.1 Å². The number of carbonyl (C=O) groups is 1. The Morgan fingerprint density at radius 1 is 1.14 bits per heavy atom. The van der Waals surface area contributed by atoms with Crippen molar-refractivity contribution < 1.29 is 38.4 Å². The molecular weight excluding hydrogens is 570 g/mol. The zero-order valence-corrected chi connectivity index (χ0v) is 25.0. The Morgan fingerprint density at radius 2 is 1.86 bits per heavy atom. The van der Waals surface area contributed by atoms with E-state index < -0.39 is 43.0 Å². The SMILES string of the molecule is C[C@H]1O[C@@H](c2ccc(Cl)c(Cc3ccc(OCCCC(C)(C)NCC(=O)N4CCC(F)(F)C4)cc3)c2)[C@H](O)[C@@H](O)[C@@H]1O. The van der Waals surface area contributed by atoms with Crippen molar-refractivity contribution >= 4 is 17.5 Å². The van der Waals surface area contributed by atoms with Crippen molar-refractivity contribution in [2.24, 2.45) is 0 Å². The average Bonchev–Trinajstić information content (AvgIpc) is 3.32. The minimum absolute atomic E-state index is 0.0246. The van der Waals surface area contributed by atoms with Crippen LogP contribution >= 0.6 is 11.6 Å². The number of halogens is 3. The number of amides is 1. The monoisotopic (exact) mass is 610 g/mol. The third-order valence-electron chi connectivity index (χ3n) is 8.02. The Hall–Kier alpha value is -2.34. The summed E-state index contributed by atoms with van der Waals surface area (Å²) in [6, 6.07) is 13.0. The number of hydrogen-bond acceptors (Lipinski definition) is 7. The molecule has 0 saturated carbocycles. The number of rotatable bonds is 11. The molecule has 232 valence electrons. The van der Waals surface area contributed by atoms with Gasteiger partial charge in [-0.3, -0.25) is 4.79 Å². The molecule has 4 rings (SSSR count). The molecular formula is C31H41ClF2N2O6. The van der Waals surface area contributed by atoms with Gasteiger partial charge >= 0.3 is 0 Å². The third kappa shape index (κ3) is 8.39. The molecule has 0 bridgehead atoms. The number of aliphatic hydroxyl groups is 3. The molecule has 2 aromatic carbocycles. The molecule has 0 spiro atoms. The first-order valence-corrected chi connectivity index (χ1v) is 14.7. The van der Waals surface area contributed by atoms with Crippen LogP contribution in [-0.4, -0.2) is 88.2 Å². The summed E-state index contributed by atoms with van der Waals surface area (Å²) in [6.45, 7) is 5.69. The molecule has 0 aliphatic carbocycles. The summed E-state index contributed by atoms with van der Waals surface area (Å²) >= 11 is 6.46. The Bertz CT molecular complexity index is 1210. The Morgan fingerprint density at radius 3 is 2.52 bits per heavy atom. The lowest BCUT2D eigenvalue weighted by Gasteiger charge is -2.39. The van der Waals surface area contributed by atoms with Crippen LogP contribution in [0, 0.1) is 0 Å². The highest BCUT2D eigenvalue weighted by atomic mass is 35.5. The number of nitrogens with one attached hydrogen (secondary N) is 1. The van der Waals surface area contributed by atoms with E-state index in [0.717, 1.165) is 29.7 Å². The van der Waals surface area contributed by atoms with Crippen molar-refractivity contribution in [3.63, 3.8) is 0 Å². The Kier molecular flexibility index (Phi) is 10.5. The van der Waals surface area contributed by atoms with Crippen LogP contribution in [0.2, 0.25) is 5.02 Å². The summed E-state index contributed by atoms with van der Waals surface area (Å²) in [5, 5.41) is 34.4. The first kappa shape index (κ1) is 32.6. The van der Waals surface area contributed by atoms with Gasteiger partial charge in [0.2, 0.25) is 5.91 Å². The van der Waals surface area contributed by atoms with Crippen LogP contribution in [0.5, 0.6) is 5.75 Å². The molecule has 8 nitrogen and oxygen atoms in total. The van der Waals surface area contributed by atoms with Crippen molar-refractivity contribution in [1.29, 1.82) is 0 Å². The summed E-state index contributed by atoms with van der Waals surface area (Å²) in [6.07, 6.45) is -3.44. The molecule has 0 radical (unpaired) electrons. The van der Waals surface area contributed by atoms with Gasteiger partial charge in [0.25, 0.3) is 5.92 Å². The predicted molar refractivity (Wildman–Crippen MR) is 155 cm³/mol. The number of likely N-dealkylation sites (tertiary alicyclic amines) is 1. The maximum atomic E-state index is 13.4. The van der Waals surface area contributed by atoms with Crippen molar-refractivity contribution in [2.75, 3.05) is 26.2 Å². The van der Waals surface area contributed by atoms with E-state index in [1.165, 1.54) is 4.90 Å². The number of hydrogen-bond donors (Lipinski definition) is 4. The molecule has 0 aromatic heterocycles. The standard InChI is InChI=1S/C31H41ClF2N2O6/c1-19-26(38)27(39)28(40)29(42-19)21-7-10-24(32)22(16-21)15-20-5-8-23(9-6-20)41-14-4-11-30(2,3)35-17-25(37)36-13-12-31(33,34)18-36/h5-10,16,19,26-29,35,38-40H,4,11-15,17-18H2,1-3H3/t19-,26-,27+,28-,29+/m1/s1. The third-order valence-corrected chi connectivity index (χ3v) is 8.39. The number of aliphatic hydroxyl groups excluding tert-OH is 3. The highest BCUT2D eigenvalue weighted by molar-refractivity contribution is 6.31. The molecule has 11 heteroatoms. The van der Waals surface area contributed by atoms with Gasteiger partial charge in [0.15, 0.2) is 0 Å². The van der Waals surface area contributed by atoms with E-state index in [1.54, 1.807) is 19.1 Å². The molecule has 4 N–H and O–H groups in total. The zero-order chi connectivity index (χ0) is 30.7. The van der Waals surface area contributed by atoms with Crippen LogP contribution in [0.4, 0.5) is 8.78 Å². The van der Waals surface area contributed by atoms with Gasteiger partial charge in [0.05, 0.1) is 25.8 Å². The van der Waals surface area contributed by atoms with E-state index in [1.807, 2.05) is 44.2 Å². The van der Waals surface area contributed by atoms with Gasteiger partial charge in [-0.15, -0.1) is 0 Å². The van der Waals surface area contributed by atoms with Crippen LogP contribution in [0.15, 0.2) is 42.5 Å². The summed E-state index contributed by atoms with van der Waals surface area (Å²) in [5.74, 6) is -2.38. The summed E-state index contributed by atoms with van der Waals surface area (Å²) < 4.78 is 38.4. The molecule has 2 aliphatic rings. The van der Waals surface area contributed by atoms with Crippen LogP contribution in [0.1, 0.15) is 62.8 Å². The normalized spacial score (nSPS) is 25.9. The summed E-state index contributed by atoms with van der Waals surface area (Å²) in [7, 11) is 0. The maximum absolute atomic E-state index is 13.4. The Labute approximate surface area is 250 Å². The summed E-state index contributed by atoms with van der Waals surface area (Å²) in [4.78, 5) is 13.5. The molecule has 2 aliphatic heterocycles. The first-order chi connectivity index (χ1) is 19.7. The lowest BCUT2D eigenvalue weighted by atomic mass is 9.90. The molecule has 5 atom stereocenters. The maximum Gasteiger partial charge on any atom is 0.267 e. The highest BCUT2D eigenvalue weighted by Crippen LogP contribution is 2.34.